The fourth-order valence-corrected chi connectivity index (χ4v) is 3.20. The first kappa shape index (κ1) is 17.6. The van der Waals surface area contributed by atoms with E-state index in [9.17, 15) is 15.4 Å². The number of benzene rings is 2. The zero-order chi connectivity index (χ0) is 18.4. The molecule has 1 aliphatic rings. The van der Waals surface area contributed by atoms with E-state index in [1.165, 1.54) is 22.6 Å². The molecule has 26 heavy (non-hydrogen) atoms. The third-order valence-corrected chi connectivity index (χ3v) is 4.64. The molecule has 0 atom stereocenters. The highest BCUT2D eigenvalue weighted by Crippen LogP contribution is 2.24. The van der Waals surface area contributed by atoms with Gasteiger partial charge in [0.05, 0.1) is 48.9 Å². The normalized spacial score (nSPS) is 15.1. The summed E-state index contributed by atoms with van der Waals surface area (Å²) in [6, 6.07) is 16.8. The lowest BCUT2D eigenvalue weighted by Crippen LogP contribution is -3.14. The van der Waals surface area contributed by atoms with E-state index in [-0.39, 0.29) is 5.69 Å². The SMILES string of the molecule is N#Cc1cc([N+](=O)[O-])ccc1N1CC[NH+](C/C=C/c2ccccc2)CC1. The Labute approximate surface area is 152 Å². The molecule has 2 aromatic carbocycles. The summed E-state index contributed by atoms with van der Waals surface area (Å²) in [4.78, 5) is 14.0. The van der Waals surface area contributed by atoms with E-state index in [1.54, 1.807) is 6.07 Å². The number of nitrogens with zero attached hydrogens (tertiary/aromatic N) is 3. The van der Waals surface area contributed by atoms with Gasteiger partial charge in [-0.05, 0) is 17.7 Å². The van der Waals surface area contributed by atoms with Gasteiger partial charge in [0.2, 0.25) is 0 Å². The highest BCUT2D eigenvalue weighted by Gasteiger charge is 2.22. The predicted molar refractivity (Wildman–Crippen MR) is 101 cm³/mol. The number of non-ortho nitro benzene ring substituents is 1. The Morgan fingerprint density at radius 2 is 1.92 bits per heavy atom. The number of nitrogens with one attached hydrogen (secondary N) is 1. The lowest BCUT2D eigenvalue weighted by Gasteiger charge is -2.33. The van der Waals surface area contributed by atoms with Crippen LogP contribution in [0.3, 0.4) is 0 Å². The van der Waals surface area contributed by atoms with Crippen molar-refractivity contribution in [2.75, 3.05) is 37.6 Å². The minimum atomic E-state index is -0.466. The van der Waals surface area contributed by atoms with Gasteiger partial charge in [-0.3, -0.25) is 10.1 Å². The number of rotatable bonds is 5. The minimum Gasteiger partial charge on any atom is -0.359 e. The Kier molecular flexibility index (Phi) is 5.62. The summed E-state index contributed by atoms with van der Waals surface area (Å²) >= 11 is 0. The number of nitro groups is 1. The Morgan fingerprint density at radius 3 is 2.58 bits per heavy atom. The van der Waals surface area contributed by atoms with Crippen LogP contribution in [-0.2, 0) is 0 Å². The summed E-state index contributed by atoms with van der Waals surface area (Å²) < 4.78 is 0. The van der Waals surface area contributed by atoms with Gasteiger partial charge in [0.1, 0.15) is 6.07 Å². The van der Waals surface area contributed by atoms with Crippen molar-refractivity contribution in [1.29, 1.82) is 5.26 Å². The zero-order valence-electron chi connectivity index (χ0n) is 14.5. The Bertz CT molecular complexity index is 835. The zero-order valence-corrected chi connectivity index (χ0v) is 14.5. The Hall–Kier alpha value is -3.17. The summed E-state index contributed by atoms with van der Waals surface area (Å²) in [7, 11) is 0. The number of anilines is 1. The highest BCUT2D eigenvalue weighted by atomic mass is 16.6. The molecule has 0 amide bonds. The second-order valence-electron chi connectivity index (χ2n) is 6.32. The number of piperazine rings is 1. The fraction of sp³-hybridized carbons (Fsp3) is 0.250. The van der Waals surface area contributed by atoms with Crippen LogP contribution in [0.2, 0.25) is 0 Å². The van der Waals surface area contributed by atoms with Crippen LogP contribution in [-0.4, -0.2) is 37.6 Å². The van der Waals surface area contributed by atoms with Crippen molar-refractivity contribution >= 4 is 17.5 Å². The van der Waals surface area contributed by atoms with Crippen LogP contribution in [0.15, 0.2) is 54.6 Å². The van der Waals surface area contributed by atoms with E-state index in [0.717, 1.165) is 38.4 Å². The van der Waals surface area contributed by atoms with Crippen molar-refractivity contribution < 1.29 is 9.82 Å². The van der Waals surface area contributed by atoms with E-state index >= 15 is 0 Å². The van der Waals surface area contributed by atoms with Crippen LogP contribution in [0.25, 0.3) is 6.08 Å². The summed E-state index contributed by atoms with van der Waals surface area (Å²) in [5.74, 6) is 0. The van der Waals surface area contributed by atoms with Gasteiger partial charge in [-0.1, -0.05) is 36.4 Å². The lowest BCUT2D eigenvalue weighted by molar-refractivity contribution is -0.894. The average molecular weight is 349 g/mol. The fourth-order valence-electron chi connectivity index (χ4n) is 3.20. The van der Waals surface area contributed by atoms with Gasteiger partial charge in [0.25, 0.3) is 5.69 Å². The van der Waals surface area contributed by atoms with Gasteiger partial charge in [0.15, 0.2) is 0 Å². The van der Waals surface area contributed by atoms with Crippen LogP contribution in [0.5, 0.6) is 0 Å². The van der Waals surface area contributed by atoms with Crippen LogP contribution in [0, 0.1) is 21.4 Å². The average Bonchev–Trinajstić information content (AvgIpc) is 2.69. The van der Waals surface area contributed by atoms with Crippen molar-refractivity contribution in [3.63, 3.8) is 0 Å². The number of nitriles is 1. The summed E-state index contributed by atoms with van der Waals surface area (Å²) in [6.07, 6.45) is 4.34. The summed E-state index contributed by atoms with van der Waals surface area (Å²) in [6.45, 7) is 4.58. The van der Waals surface area contributed by atoms with Crippen molar-refractivity contribution in [2.45, 2.75) is 0 Å². The van der Waals surface area contributed by atoms with Gasteiger partial charge in [-0.25, -0.2) is 0 Å². The van der Waals surface area contributed by atoms with Gasteiger partial charge in [0, 0.05) is 12.1 Å². The molecular formula is C20H21N4O2+. The highest BCUT2D eigenvalue weighted by molar-refractivity contribution is 5.63. The molecule has 132 valence electrons. The molecule has 1 saturated heterocycles. The quantitative estimate of drug-likeness (QED) is 0.661. The third-order valence-electron chi connectivity index (χ3n) is 4.64. The molecule has 6 heteroatoms. The molecule has 0 bridgehead atoms. The maximum atomic E-state index is 10.9. The van der Waals surface area contributed by atoms with Gasteiger partial charge in [-0.15, -0.1) is 0 Å². The molecule has 0 unspecified atom stereocenters. The van der Waals surface area contributed by atoms with Gasteiger partial charge in [-0.2, -0.15) is 5.26 Å². The molecular weight excluding hydrogens is 328 g/mol. The van der Waals surface area contributed by atoms with Crippen LogP contribution < -0.4 is 9.80 Å². The maximum Gasteiger partial charge on any atom is 0.270 e. The molecule has 0 saturated carbocycles. The molecule has 1 aliphatic heterocycles. The first-order valence-electron chi connectivity index (χ1n) is 8.66. The molecule has 1 N–H and O–H groups in total. The standard InChI is InChI=1S/C20H20N4O2/c21-16-18-15-19(24(25)26)8-9-20(18)23-13-11-22(12-14-23)10-4-7-17-5-2-1-3-6-17/h1-9,15H,10-14H2/p+1/b7-4+. The second kappa shape index (κ2) is 8.28. The smallest absolute Gasteiger partial charge is 0.270 e. The number of hydrogen-bond donors (Lipinski definition) is 1. The van der Waals surface area contributed by atoms with E-state index < -0.39 is 4.92 Å². The second-order valence-corrected chi connectivity index (χ2v) is 6.32. The molecule has 1 heterocycles. The number of hydrogen-bond acceptors (Lipinski definition) is 4. The number of nitro benzene ring substituents is 1. The largest absolute Gasteiger partial charge is 0.359 e. The monoisotopic (exact) mass is 349 g/mol. The molecule has 0 spiro atoms. The molecule has 2 aromatic rings. The van der Waals surface area contributed by atoms with Crippen molar-refractivity contribution in [3.8, 4) is 6.07 Å². The van der Waals surface area contributed by atoms with Crippen LogP contribution >= 0.6 is 0 Å². The summed E-state index contributed by atoms with van der Waals surface area (Å²) in [5, 5.41) is 20.2. The minimum absolute atomic E-state index is 0.0411. The van der Waals surface area contributed by atoms with Crippen molar-refractivity contribution in [2.24, 2.45) is 0 Å². The lowest BCUT2D eigenvalue weighted by atomic mass is 10.1. The molecule has 3 rings (SSSR count). The first-order valence-corrected chi connectivity index (χ1v) is 8.66. The van der Waals surface area contributed by atoms with E-state index in [2.05, 4.69) is 35.3 Å². The molecule has 1 fully saturated rings. The van der Waals surface area contributed by atoms with Crippen LogP contribution in [0.1, 0.15) is 11.1 Å². The Balaban J connectivity index is 1.58. The molecule has 0 aromatic heterocycles. The van der Waals surface area contributed by atoms with E-state index in [1.807, 2.05) is 18.2 Å². The maximum absolute atomic E-state index is 10.9. The first-order chi connectivity index (χ1) is 12.7. The van der Waals surface area contributed by atoms with Gasteiger partial charge >= 0.3 is 0 Å². The van der Waals surface area contributed by atoms with Crippen molar-refractivity contribution in [3.05, 3.63) is 75.8 Å². The summed E-state index contributed by atoms with van der Waals surface area (Å²) in [5.41, 5.74) is 2.32. The molecule has 0 radical (unpaired) electrons. The molecule has 0 aliphatic carbocycles. The van der Waals surface area contributed by atoms with Gasteiger partial charge < -0.3 is 9.80 Å². The number of quaternary nitrogens is 1. The molecule has 6 nitrogen and oxygen atoms in total. The van der Waals surface area contributed by atoms with E-state index in [4.69, 9.17) is 0 Å². The van der Waals surface area contributed by atoms with Crippen molar-refractivity contribution in [1.82, 2.24) is 0 Å². The van der Waals surface area contributed by atoms with Crippen LogP contribution in [0.4, 0.5) is 11.4 Å². The topological polar surface area (TPSA) is 74.6 Å². The predicted octanol–water partition coefficient (Wildman–Crippen LogP) is 1.88. The third kappa shape index (κ3) is 4.26. The van der Waals surface area contributed by atoms with E-state index in [0.29, 0.717) is 5.56 Å². The Morgan fingerprint density at radius 1 is 1.19 bits per heavy atom.